The zero-order valence-corrected chi connectivity index (χ0v) is 8.27. The Morgan fingerprint density at radius 1 is 1.15 bits per heavy atom. The standard InChI is InChI=1S/C11H11NS/c1-9-7-11(13-8-9)12-10-5-3-2-4-6-10/h2-8,12H,1H3. The Labute approximate surface area is 82.0 Å². The summed E-state index contributed by atoms with van der Waals surface area (Å²) in [6.45, 7) is 2.10. The van der Waals surface area contributed by atoms with Crippen molar-refractivity contribution in [2.45, 2.75) is 6.92 Å². The maximum absolute atomic E-state index is 3.34. The van der Waals surface area contributed by atoms with Crippen molar-refractivity contribution in [3.63, 3.8) is 0 Å². The highest BCUT2D eigenvalue weighted by molar-refractivity contribution is 7.14. The van der Waals surface area contributed by atoms with Crippen LogP contribution in [-0.2, 0) is 0 Å². The zero-order chi connectivity index (χ0) is 9.10. The van der Waals surface area contributed by atoms with Gasteiger partial charge in [0, 0.05) is 5.69 Å². The van der Waals surface area contributed by atoms with Crippen LogP contribution in [0.25, 0.3) is 0 Å². The number of hydrogen-bond donors (Lipinski definition) is 1. The molecule has 0 bridgehead atoms. The predicted molar refractivity (Wildman–Crippen MR) is 58.8 cm³/mol. The van der Waals surface area contributed by atoms with Crippen molar-refractivity contribution in [3.05, 3.63) is 47.3 Å². The van der Waals surface area contributed by atoms with Crippen molar-refractivity contribution < 1.29 is 0 Å². The van der Waals surface area contributed by atoms with Crippen molar-refractivity contribution in [2.24, 2.45) is 0 Å². The summed E-state index contributed by atoms with van der Waals surface area (Å²) in [5.74, 6) is 0. The molecule has 0 aliphatic rings. The molecule has 2 aromatic rings. The molecule has 0 saturated heterocycles. The second-order valence-electron chi connectivity index (χ2n) is 2.98. The molecule has 1 aromatic carbocycles. The molecule has 0 amide bonds. The first-order valence-electron chi connectivity index (χ1n) is 4.22. The molecule has 2 rings (SSSR count). The van der Waals surface area contributed by atoms with Crippen molar-refractivity contribution in [3.8, 4) is 0 Å². The number of aryl methyl sites for hydroxylation is 1. The highest BCUT2D eigenvalue weighted by Gasteiger charge is 1.95. The van der Waals surface area contributed by atoms with Crippen LogP contribution < -0.4 is 5.32 Å². The van der Waals surface area contributed by atoms with Gasteiger partial charge in [-0.05, 0) is 36.1 Å². The summed E-state index contributed by atoms with van der Waals surface area (Å²) in [5, 5.41) is 6.69. The van der Waals surface area contributed by atoms with E-state index < -0.39 is 0 Å². The molecule has 1 aromatic heterocycles. The molecule has 1 N–H and O–H groups in total. The summed E-state index contributed by atoms with van der Waals surface area (Å²) in [6, 6.07) is 12.4. The Hall–Kier alpha value is -1.28. The Bertz CT molecular complexity index is 378. The van der Waals surface area contributed by atoms with E-state index in [2.05, 4.69) is 35.8 Å². The fraction of sp³-hybridized carbons (Fsp3) is 0.0909. The van der Waals surface area contributed by atoms with Crippen molar-refractivity contribution in [2.75, 3.05) is 5.32 Å². The molecule has 1 heterocycles. The molecule has 0 atom stereocenters. The number of hydrogen-bond acceptors (Lipinski definition) is 2. The molecule has 0 radical (unpaired) electrons. The number of anilines is 2. The van der Waals surface area contributed by atoms with Crippen LogP contribution >= 0.6 is 11.3 Å². The van der Waals surface area contributed by atoms with Crippen molar-refractivity contribution >= 4 is 22.0 Å². The molecular weight excluding hydrogens is 178 g/mol. The van der Waals surface area contributed by atoms with Crippen LogP contribution in [0, 0.1) is 6.92 Å². The topological polar surface area (TPSA) is 12.0 Å². The summed E-state index contributed by atoms with van der Waals surface area (Å²) < 4.78 is 0. The summed E-state index contributed by atoms with van der Waals surface area (Å²) in [4.78, 5) is 0. The molecular formula is C11H11NS. The molecule has 0 unspecified atom stereocenters. The van der Waals surface area contributed by atoms with E-state index in [0.717, 1.165) is 5.69 Å². The smallest absolute Gasteiger partial charge is 0.0929 e. The Morgan fingerprint density at radius 3 is 2.54 bits per heavy atom. The molecule has 0 fully saturated rings. The van der Waals surface area contributed by atoms with Gasteiger partial charge >= 0.3 is 0 Å². The lowest BCUT2D eigenvalue weighted by Gasteiger charge is -2.01. The van der Waals surface area contributed by atoms with Crippen LogP contribution in [0.4, 0.5) is 10.7 Å². The second kappa shape index (κ2) is 3.62. The number of para-hydroxylation sites is 1. The minimum Gasteiger partial charge on any atom is -0.347 e. The quantitative estimate of drug-likeness (QED) is 0.757. The third-order valence-electron chi connectivity index (χ3n) is 1.77. The first-order chi connectivity index (χ1) is 6.34. The Morgan fingerprint density at radius 2 is 1.92 bits per heavy atom. The minimum absolute atomic E-state index is 1.14. The average molecular weight is 189 g/mol. The van der Waals surface area contributed by atoms with Crippen LogP contribution in [0.5, 0.6) is 0 Å². The van der Waals surface area contributed by atoms with Crippen molar-refractivity contribution in [1.29, 1.82) is 0 Å². The van der Waals surface area contributed by atoms with Gasteiger partial charge in [0.1, 0.15) is 0 Å². The average Bonchev–Trinajstić information content (AvgIpc) is 2.53. The predicted octanol–water partition coefficient (Wildman–Crippen LogP) is 3.80. The lowest BCUT2D eigenvalue weighted by molar-refractivity contribution is 1.54. The second-order valence-corrected chi connectivity index (χ2v) is 3.89. The molecule has 0 aliphatic heterocycles. The molecule has 1 nitrogen and oxygen atoms in total. The van der Waals surface area contributed by atoms with Gasteiger partial charge in [-0.15, -0.1) is 11.3 Å². The van der Waals surface area contributed by atoms with Gasteiger partial charge in [-0.25, -0.2) is 0 Å². The van der Waals surface area contributed by atoms with E-state index in [1.54, 1.807) is 11.3 Å². The van der Waals surface area contributed by atoms with Gasteiger partial charge in [-0.3, -0.25) is 0 Å². The summed E-state index contributed by atoms with van der Waals surface area (Å²) in [5.41, 5.74) is 2.45. The third-order valence-corrected chi connectivity index (χ3v) is 2.74. The van der Waals surface area contributed by atoms with Crippen LogP contribution in [0.15, 0.2) is 41.8 Å². The summed E-state index contributed by atoms with van der Waals surface area (Å²) >= 11 is 1.73. The van der Waals surface area contributed by atoms with Crippen LogP contribution in [-0.4, -0.2) is 0 Å². The van der Waals surface area contributed by atoms with Crippen LogP contribution in [0.2, 0.25) is 0 Å². The fourth-order valence-electron chi connectivity index (χ4n) is 1.16. The molecule has 2 heteroatoms. The number of benzene rings is 1. The van der Waals surface area contributed by atoms with E-state index in [1.165, 1.54) is 10.6 Å². The van der Waals surface area contributed by atoms with E-state index in [0.29, 0.717) is 0 Å². The zero-order valence-electron chi connectivity index (χ0n) is 7.45. The molecule has 66 valence electrons. The highest BCUT2D eigenvalue weighted by Crippen LogP contribution is 2.23. The lowest BCUT2D eigenvalue weighted by Crippen LogP contribution is -1.84. The molecule has 0 spiro atoms. The SMILES string of the molecule is Cc1csc(Nc2ccccc2)c1. The van der Waals surface area contributed by atoms with Gasteiger partial charge in [-0.2, -0.15) is 0 Å². The summed E-state index contributed by atoms with van der Waals surface area (Å²) in [7, 11) is 0. The third kappa shape index (κ3) is 2.10. The van der Waals surface area contributed by atoms with Gasteiger partial charge in [-0.1, -0.05) is 18.2 Å². The number of thiophene rings is 1. The number of nitrogens with one attached hydrogen (secondary N) is 1. The fourth-order valence-corrected chi connectivity index (χ4v) is 1.97. The van der Waals surface area contributed by atoms with E-state index >= 15 is 0 Å². The van der Waals surface area contributed by atoms with Crippen LogP contribution in [0.1, 0.15) is 5.56 Å². The minimum atomic E-state index is 1.14. The molecule has 13 heavy (non-hydrogen) atoms. The first-order valence-corrected chi connectivity index (χ1v) is 5.10. The maximum atomic E-state index is 3.34. The maximum Gasteiger partial charge on any atom is 0.0929 e. The van der Waals surface area contributed by atoms with Gasteiger partial charge in [0.15, 0.2) is 0 Å². The normalized spacial score (nSPS) is 9.92. The molecule has 0 aliphatic carbocycles. The van der Waals surface area contributed by atoms with E-state index in [-0.39, 0.29) is 0 Å². The lowest BCUT2D eigenvalue weighted by atomic mass is 10.3. The summed E-state index contributed by atoms with van der Waals surface area (Å²) in [6.07, 6.45) is 0. The van der Waals surface area contributed by atoms with Crippen molar-refractivity contribution in [1.82, 2.24) is 0 Å². The van der Waals surface area contributed by atoms with E-state index in [9.17, 15) is 0 Å². The number of rotatable bonds is 2. The van der Waals surface area contributed by atoms with Gasteiger partial charge in [0.05, 0.1) is 5.00 Å². The largest absolute Gasteiger partial charge is 0.347 e. The Kier molecular flexibility index (Phi) is 2.32. The van der Waals surface area contributed by atoms with Crippen LogP contribution in [0.3, 0.4) is 0 Å². The van der Waals surface area contributed by atoms with Gasteiger partial charge in [0.25, 0.3) is 0 Å². The van der Waals surface area contributed by atoms with E-state index in [1.807, 2.05) is 18.2 Å². The Balaban J connectivity index is 2.15. The van der Waals surface area contributed by atoms with Gasteiger partial charge < -0.3 is 5.32 Å². The van der Waals surface area contributed by atoms with E-state index in [4.69, 9.17) is 0 Å². The van der Waals surface area contributed by atoms with Gasteiger partial charge in [0.2, 0.25) is 0 Å². The monoisotopic (exact) mass is 189 g/mol. The highest BCUT2D eigenvalue weighted by atomic mass is 32.1. The first kappa shape index (κ1) is 8.32. The molecule has 0 saturated carbocycles.